The summed E-state index contributed by atoms with van der Waals surface area (Å²) in [4.78, 5) is 0. The van der Waals surface area contributed by atoms with E-state index in [4.69, 9.17) is 5.73 Å². The monoisotopic (exact) mass is 586 g/mol. The first-order valence-electron chi connectivity index (χ1n) is 18.6. The Balaban J connectivity index is 3.80. The van der Waals surface area contributed by atoms with Gasteiger partial charge in [-0.3, -0.25) is 0 Å². The lowest BCUT2D eigenvalue weighted by molar-refractivity contribution is 0.0767. The van der Waals surface area contributed by atoms with E-state index in [0.717, 1.165) is 25.7 Å². The van der Waals surface area contributed by atoms with Crippen LogP contribution in [0.3, 0.4) is 0 Å². The van der Waals surface area contributed by atoms with Gasteiger partial charge >= 0.3 is 0 Å². The van der Waals surface area contributed by atoms with E-state index in [1.54, 1.807) is 0 Å². The Morgan fingerprint density at radius 2 is 0.786 bits per heavy atom. The second-order valence-electron chi connectivity index (χ2n) is 13.0. The van der Waals surface area contributed by atoms with Gasteiger partial charge in [-0.15, -0.1) is 0 Å². The van der Waals surface area contributed by atoms with E-state index in [1.807, 2.05) is 0 Å². The van der Waals surface area contributed by atoms with Crippen molar-refractivity contribution in [2.24, 2.45) is 11.1 Å². The lowest BCUT2D eigenvalue weighted by atomic mass is 9.73. The molecule has 0 bridgehead atoms. The number of hydrogen-bond acceptors (Lipinski definition) is 2. The number of unbranched alkanes of at least 4 members (excludes halogenated alkanes) is 18. The third kappa shape index (κ3) is 26.5. The normalized spacial score (nSPS) is 14.7. The molecule has 1 atom stereocenters. The molecule has 0 rings (SSSR count). The fourth-order valence-corrected chi connectivity index (χ4v) is 5.81. The molecule has 0 saturated heterocycles. The molecule has 0 amide bonds. The van der Waals surface area contributed by atoms with Gasteiger partial charge in [0.15, 0.2) is 0 Å². The molecular weight excluding hydrogens is 510 g/mol. The van der Waals surface area contributed by atoms with E-state index in [2.05, 4.69) is 69.4 Å². The van der Waals surface area contributed by atoms with Gasteiger partial charge in [-0.25, -0.2) is 0 Å². The molecule has 0 heterocycles. The first kappa shape index (κ1) is 40.9. The maximum Gasteiger partial charge on any atom is 0.0502 e. The number of allylic oxidation sites excluding steroid dienone is 8. The van der Waals surface area contributed by atoms with Crippen LogP contribution >= 0.6 is 0 Å². The second-order valence-corrected chi connectivity index (χ2v) is 13.0. The van der Waals surface area contributed by atoms with Crippen molar-refractivity contribution in [1.29, 1.82) is 0 Å². The van der Waals surface area contributed by atoms with Crippen LogP contribution in [0, 0.1) is 5.41 Å². The molecular formula is C40H75NO. The van der Waals surface area contributed by atoms with Crippen molar-refractivity contribution in [3.8, 4) is 0 Å². The zero-order valence-electron chi connectivity index (χ0n) is 28.8. The molecule has 0 aliphatic carbocycles. The molecule has 3 N–H and O–H groups in total. The summed E-state index contributed by atoms with van der Waals surface area (Å²) in [7, 11) is 0. The summed E-state index contributed by atoms with van der Waals surface area (Å²) >= 11 is 0. The summed E-state index contributed by atoms with van der Waals surface area (Å²) in [5.74, 6) is 0. The third-order valence-corrected chi connectivity index (χ3v) is 9.03. The van der Waals surface area contributed by atoms with E-state index in [9.17, 15) is 5.11 Å². The summed E-state index contributed by atoms with van der Waals surface area (Å²) in [6, 6.07) is 0.0680. The smallest absolute Gasteiger partial charge is 0.0502 e. The molecule has 0 fully saturated rings. The highest BCUT2D eigenvalue weighted by molar-refractivity contribution is 4.93. The quantitative estimate of drug-likeness (QED) is 0.0609. The van der Waals surface area contributed by atoms with Gasteiger partial charge < -0.3 is 10.8 Å². The number of hydrogen-bond donors (Lipinski definition) is 2. The van der Waals surface area contributed by atoms with Crippen molar-refractivity contribution in [1.82, 2.24) is 0 Å². The topological polar surface area (TPSA) is 46.2 Å². The van der Waals surface area contributed by atoms with E-state index in [0.29, 0.717) is 0 Å². The Bertz CT molecular complexity index is 596. The third-order valence-electron chi connectivity index (χ3n) is 9.03. The highest BCUT2D eigenvalue weighted by Crippen LogP contribution is 2.34. The summed E-state index contributed by atoms with van der Waals surface area (Å²) in [6.45, 7) is 6.88. The number of aliphatic hydroxyl groups excluding tert-OH is 1. The van der Waals surface area contributed by atoms with E-state index in [1.165, 1.54) is 141 Å². The molecule has 0 aromatic rings. The minimum absolute atomic E-state index is 0.0680. The summed E-state index contributed by atoms with van der Waals surface area (Å²) in [5, 5.41) is 10.3. The highest BCUT2D eigenvalue weighted by Gasteiger charge is 2.32. The molecule has 0 saturated carbocycles. The minimum Gasteiger partial charge on any atom is -0.396 e. The summed E-state index contributed by atoms with van der Waals surface area (Å²) < 4.78 is 0. The van der Waals surface area contributed by atoms with Crippen LogP contribution < -0.4 is 5.73 Å². The largest absolute Gasteiger partial charge is 0.396 e. The summed E-state index contributed by atoms with van der Waals surface area (Å²) in [6.07, 6.45) is 51.5. The average molecular weight is 586 g/mol. The first-order chi connectivity index (χ1) is 20.6. The maximum atomic E-state index is 10.3. The highest BCUT2D eigenvalue weighted by atomic mass is 16.3. The molecule has 0 aliphatic heterocycles. The molecule has 0 spiro atoms. The fraction of sp³-hybridized carbons (Fsp3) is 0.800. The van der Waals surface area contributed by atoms with Crippen LogP contribution in [0.25, 0.3) is 0 Å². The van der Waals surface area contributed by atoms with E-state index < -0.39 is 0 Å². The molecule has 0 radical (unpaired) electrons. The van der Waals surface area contributed by atoms with Gasteiger partial charge in [0.05, 0.1) is 6.61 Å². The lowest BCUT2D eigenvalue weighted by Gasteiger charge is -2.36. The Morgan fingerprint density at radius 3 is 1.10 bits per heavy atom. The van der Waals surface area contributed by atoms with Crippen LogP contribution in [0.15, 0.2) is 48.6 Å². The van der Waals surface area contributed by atoms with Crippen LogP contribution in [-0.4, -0.2) is 17.8 Å². The van der Waals surface area contributed by atoms with Crippen molar-refractivity contribution < 1.29 is 5.11 Å². The number of rotatable bonds is 32. The molecule has 2 heteroatoms. The fourth-order valence-electron chi connectivity index (χ4n) is 5.81. The zero-order chi connectivity index (χ0) is 30.8. The number of nitrogens with two attached hydrogens (primary N) is 1. The van der Waals surface area contributed by atoms with Crippen LogP contribution in [0.5, 0.6) is 0 Å². The van der Waals surface area contributed by atoms with Gasteiger partial charge in [-0.05, 0) is 84.0 Å². The van der Waals surface area contributed by atoms with Crippen LogP contribution in [0.1, 0.15) is 188 Å². The molecule has 246 valence electrons. The Labute approximate surface area is 264 Å². The molecule has 2 nitrogen and oxygen atoms in total. The summed E-state index contributed by atoms with van der Waals surface area (Å²) in [5.41, 5.74) is 6.35. The van der Waals surface area contributed by atoms with Crippen molar-refractivity contribution in [3.05, 3.63) is 48.6 Å². The van der Waals surface area contributed by atoms with Crippen molar-refractivity contribution in [2.75, 3.05) is 6.61 Å². The molecule has 0 aromatic carbocycles. The first-order valence-corrected chi connectivity index (χ1v) is 18.6. The Hall–Kier alpha value is -1.12. The van der Waals surface area contributed by atoms with Crippen molar-refractivity contribution in [3.63, 3.8) is 0 Å². The predicted octanol–water partition coefficient (Wildman–Crippen LogP) is 12.7. The Morgan fingerprint density at radius 1 is 0.476 bits per heavy atom. The van der Waals surface area contributed by atoms with E-state index in [-0.39, 0.29) is 18.1 Å². The van der Waals surface area contributed by atoms with Crippen LogP contribution in [-0.2, 0) is 0 Å². The second kappa shape index (κ2) is 32.8. The lowest BCUT2D eigenvalue weighted by Crippen LogP contribution is -2.42. The van der Waals surface area contributed by atoms with Gasteiger partial charge in [-0.2, -0.15) is 0 Å². The van der Waals surface area contributed by atoms with Crippen molar-refractivity contribution in [2.45, 2.75) is 194 Å². The Kier molecular flexibility index (Phi) is 31.9. The van der Waals surface area contributed by atoms with Gasteiger partial charge in [0.2, 0.25) is 0 Å². The minimum atomic E-state index is -0.0789. The van der Waals surface area contributed by atoms with E-state index >= 15 is 0 Å². The molecule has 0 aliphatic rings. The molecule has 0 aromatic heterocycles. The molecule has 42 heavy (non-hydrogen) atoms. The average Bonchev–Trinajstić information content (AvgIpc) is 2.99. The van der Waals surface area contributed by atoms with Crippen LogP contribution in [0.4, 0.5) is 0 Å². The van der Waals surface area contributed by atoms with Gasteiger partial charge in [0.25, 0.3) is 0 Å². The standard InChI is InChI=1S/C40H75NO/c1-4-6-8-10-12-14-16-18-20-22-24-26-28-30-32-34-36-40(38-42,39(3)41)37-35-33-31-29-27-25-23-21-19-17-15-13-11-9-7-5-2/h12-15,18-21,39,42H,4-11,16-17,22-38,41H2,1-3H3. The van der Waals surface area contributed by atoms with Gasteiger partial charge in [0.1, 0.15) is 0 Å². The molecule has 1 unspecified atom stereocenters. The van der Waals surface area contributed by atoms with Crippen LogP contribution in [0.2, 0.25) is 0 Å². The SMILES string of the molecule is CCCCCC=CCC=CCCCCCCCCC(CO)(CCCCCCCCC=CCC=CCCCCC)C(C)N. The van der Waals surface area contributed by atoms with Gasteiger partial charge in [0, 0.05) is 11.5 Å². The van der Waals surface area contributed by atoms with Gasteiger partial charge in [-0.1, -0.05) is 152 Å². The predicted molar refractivity (Wildman–Crippen MR) is 191 cm³/mol. The zero-order valence-corrected chi connectivity index (χ0v) is 28.8. The van der Waals surface area contributed by atoms with Crippen molar-refractivity contribution >= 4 is 0 Å². The maximum absolute atomic E-state index is 10.3. The number of aliphatic hydroxyl groups is 1.